The molecule has 1 fully saturated rings. The number of aromatic nitrogens is 2. The first-order valence-electron chi connectivity index (χ1n) is 13.3. The Morgan fingerprint density at radius 2 is 2.02 bits per heavy atom. The van der Waals surface area contributed by atoms with Crippen LogP contribution in [0.25, 0.3) is 16.6 Å². The van der Waals surface area contributed by atoms with E-state index in [0.717, 1.165) is 54.1 Å². The van der Waals surface area contributed by atoms with Gasteiger partial charge < -0.3 is 19.1 Å². The van der Waals surface area contributed by atoms with E-state index >= 15 is 0 Å². The number of hydrogen-bond donors (Lipinski definition) is 1. The highest BCUT2D eigenvalue weighted by Gasteiger charge is 2.30. The number of imidazole rings is 1. The Hall–Kier alpha value is -3.36. The van der Waals surface area contributed by atoms with E-state index in [0.29, 0.717) is 28.9 Å². The molecule has 3 aromatic carbocycles. The van der Waals surface area contributed by atoms with Crippen molar-refractivity contribution in [3.05, 3.63) is 99.3 Å². The van der Waals surface area contributed by atoms with Crippen LogP contribution in [0.4, 0.5) is 0 Å². The lowest BCUT2D eigenvalue weighted by Gasteiger charge is -2.34. The van der Waals surface area contributed by atoms with Crippen molar-refractivity contribution in [2.75, 3.05) is 19.7 Å². The van der Waals surface area contributed by atoms with Crippen molar-refractivity contribution in [2.24, 2.45) is 0 Å². The Morgan fingerprint density at radius 3 is 2.77 bits per heavy atom. The van der Waals surface area contributed by atoms with Gasteiger partial charge in [-0.05, 0) is 72.5 Å². The predicted octanol–water partition coefficient (Wildman–Crippen LogP) is 6.87. The fraction of sp³-hybridized carbons (Fsp3) is 0.290. The zero-order valence-electron chi connectivity index (χ0n) is 22.0. The van der Waals surface area contributed by atoms with Crippen molar-refractivity contribution < 1.29 is 19.4 Å². The van der Waals surface area contributed by atoms with Crippen molar-refractivity contribution in [2.45, 2.75) is 38.6 Å². The minimum atomic E-state index is -0.943. The Bertz CT molecular complexity index is 1610. The molecule has 2 aliphatic rings. The van der Waals surface area contributed by atoms with Crippen LogP contribution in [0.15, 0.2) is 66.7 Å². The van der Waals surface area contributed by atoms with E-state index in [-0.39, 0.29) is 17.7 Å². The van der Waals surface area contributed by atoms with Gasteiger partial charge in [0.15, 0.2) is 0 Å². The van der Waals surface area contributed by atoms with Gasteiger partial charge in [0.1, 0.15) is 18.2 Å². The van der Waals surface area contributed by atoms with Crippen molar-refractivity contribution in [1.82, 2.24) is 14.5 Å². The van der Waals surface area contributed by atoms with Gasteiger partial charge in [0, 0.05) is 24.7 Å². The average Bonchev–Trinajstić information content (AvgIpc) is 3.51. The molecule has 7 nitrogen and oxygen atoms in total. The van der Waals surface area contributed by atoms with Crippen molar-refractivity contribution in [3.8, 4) is 5.75 Å². The van der Waals surface area contributed by atoms with Crippen LogP contribution in [-0.2, 0) is 17.9 Å². The third kappa shape index (κ3) is 5.47. The summed E-state index contributed by atoms with van der Waals surface area (Å²) in [5, 5.41) is 10.6. The van der Waals surface area contributed by atoms with Crippen LogP contribution in [-0.4, -0.2) is 51.3 Å². The van der Waals surface area contributed by atoms with Crippen molar-refractivity contribution in [1.29, 1.82) is 0 Å². The number of nitrogens with zero attached hydrogens (tertiary/aromatic N) is 3. The maximum absolute atomic E-state index is 11.7. The van der Waals surface area contributed by atoms with Gasteiger partial charge >= 0.3 is 5.97 Å². The molecule has 6 rings (SSSR count). The molecule has 4 aromatic rings. The van der Waals surface area contributed by atoms with E-state index in [1.165, 1.54) is 5.57 Å². The zero-order chi connectivity index (χ0) is 27.8. The highest BCUT2D eigenvalue weighted by Crippen LogP contribution is 2.32. The van der Waals surface area contributed by atoms with E-state index in [4.69, 9.17) is 37.7 Å². The number of aromatic carboxylic acids is 1. The molecular formula is C31H29Cl2N3O4. The largest absolute Gasteiger partial charge is 0.487 e. The lowest BCUT2D eigenvalue weighted by Crippen LogP contribution is -2.36. The summed E-state index contributed by atoms with van der Waals surface area (Å²) < 4.78 is 13.9. The first kappa shape index (κ1) is 26.8. The van der Waals surface area contributed by atoms with E-state index in [1.54, 1.807) is 36.4 Å². The number of halogens is 2. The van der Waals surface area contributed by atoms with E-state index in [9.17, 15) is 9.90 Å². The molecule has 2 atom stereocenters. The monoisotopic (exact) mass is 577 g/mol. The minimum absolute atomic E-state index is 0.0543. The second-order valence-electron chi connectivity index (χ2n) is 10.3. The number of carboxylic acid groups (broad SMARTS) is 1. The highest BCUT2D eigenvalue weighted by atomic mass is 35.5. The summed E-state index contributed by atoms with van der Waals surface area (Å²) in [5.41, 5.74) is 5.34. The van der Waals surface area contributed by atoms with Crippen LogP contribution in [0.3, 0.4) is 0 Å². The lowest BCUT2D eigenvalue weighted by atomic mass is 10.0. The molecule has 0 bridgehead atoms. The molecular weight excluding hydrogens is 549 g/mol. The number of ether oxygens (including phenoxy) is 2. The second-order valence-corrected chi connectivity index (χ2v) is 11.2. The second kappa shape index (κ2) is 11.3. The number of rotatable bonds is 9. The van der Waals surface area contributed by atoms with Crippen molar-refractivity contribution >= 4 is 45.8 Å². The van der Waals surface area contributed by atoms with Crippen molar-refractivity contribution in [3.63, 3.8) is 0 Å². The smallest absolute Gasteiger partial charge is 0.335 e. The number of carboxylic acids is 1. The molecule has 1 saturated heterocycles. The summed E-state index contributed by atoms with van der Waals surface area (Å²) in [7, 11) is 0. The van der Waals surface area contributed by atoms with Crippen LogP contribution in [0, 0.1) is 0 Å². The molecule has 0 saturated carbocycles. The summed E-state index contributed by atoms with van der Waals surface area (Å²) in [5.74, 6) is 0.570. The van der Waals surface area contributed by atoms with Crippen LogP contribution >= 0.6 is 23.2 Å². The molecule has 0 amide bonds. The van der Waals surface area contributed by atoms with Gasteiger partial charge in [-0.1, -0.05) is 47.5 Å². The third-order valence-corrected chi connectivity index (χ3v) is 8.16. The fourth-order valence-corrected chi connectivity index (χ4v) is 5.86. The standard InChI is InChI=1S/C31H29Cl2N3O4/c1-19(28-10-12-39-28)36-27-14-22(31(37)38)5-7-26(27)34-30(36)17-35-11-9-23(16-35)21-4-2-3-20(13-21)18-40-29-8-6-24(32)15-25(29)33/h2-9,13-15,19,28H,10-12,16-18H2,1H3,(H,37,38)/t19-,28+/m1/s1. The molecule has 0 aliphatic carbocycles. The van der Waals surface area contributed by atoms with Crippen LogP contribution in [0.1, 0.15) is 46.7 Å². The van der Waals surface area contributed by atoms with Gasteiger partial charge in [-0.25, -0.2) is 9.78 Å². The molecule has 3 heterocycles. The molecule has 206 valence electrons. The lowest BCUT2D eigenvalue weighted by molar-refractivity contribution is -0.0761. The summed E-state index contributed by atoms with van der Waals surface area (Å²) in [6.45, 7) is 5.51. The number of fused-ring (bicyclic) bond motifs is 1. The van der Waals surface area contributed by atoms with Crippen LogP contribution < -0.4 is 4.74 Å². The first-order chi connectivity index (χ1) is 19.4. The zero-order valence-corrected chi connectivity index (χ0v) is 23.5. The van der Waals surface area contributed by atoms with Gasteiger partial charge in [-0.15, -0.1) is 0 Å². The molecule has 0 unspecified atom stereocenters. The summed E-state index contributed by atoms with van der Waals surface area (Å²) >= 11 is 12.2. The van der Waals surface area contributed by atoms with E-state index in [2.05, 4.69) is 34.6 Å². The number of carbonyl (C=O) groups is 1. The molecule has 1 aromatic heterocycles. The van der Waals surface area contributed by atoms with Gasteiger partial charge in [0.25, 0.3) is 0 Å². The molecule has 0 radical (unpaired) electrons. The molecule has 9 heteroatoms. The molecule has 1 N–H and O–H groups in total. The normalized spacial score (nSPS) is 18.0. The van der Waals surface area contributed by atoms with Gasteiger partial charge in [0.05, 0.1) is 40.3 Å². The van der Waals surface area contributed by atoms with Gasteiger partial charge in [-0.2, -0.15) is 0 Å². The van der Waals surface area contributed by atoms with Gasteiger partial charge in [0.2, 0.25) is 0 Å². The van der Waals surface area contributed by atoms with Crippen LogP contribution in [0.5, 0.6) is 5.75 Å². The van der Waals surface area contributed by atoms with E-state index < -0.39 is 5.97 Å². The quantitative estimate of drug-likeness (QED) is 0.234. The Labute approximate surface area is 242 Å². The van der Waals surface area contributed by atoms with Gasteiger partial charge in [-0.3, -0.25) is 4.90 Å². The predicted molar refractivity (Wildman–Crippen MR) is 156 cm³/mol. The molecule has 40 heavy (non-hydrogen) atoms. The number of hydrogen-bond acceptors (Lipinski definition) is 5. The topological polar surface area (TPSA) is 76.8 Å². The Balaban J connectivity index is 1.18. The number of benzene rings is 3. The van der Waals surface area contributed by atoms with Crippen LogP contribution in [0.2, 0.25) is 10.0 Å². The average molecular weight is 578 g/mol. The highest BCUT2D eigenvalue weighted by molar-refractivity contribution is 6.35. The Kier molecular flexibility index (Phi) is 7.55. The Morgan fingerprint density at radius 1 is 1.18 bits per heavy atom. The maximum Gasteiger partial charge on any atom is 0.335 e. The first-order valence-corrected chi connectivity index (χ1v) is 14.1. The van der Waals surface area contributed by atoms with E-state index in [1.807, 2.05) is 12.1 Å². The summed E-state index contributed by atoms with van der Waals surface area (Å²) in [4.78, 5) is 18.9. The summed E-state index contributed by atoms with van der Waals surface area (Å²) in [6, 6.07) is 18.8. The molecule has 2 aliphatic heterocycles. The fourth-order valence-electron chi connectivity index (χ4n) is 5.40. The third-order valence-electron chi connectivity index (χ3n) is 7.63. The summed E-state index contributed by atoms with van der Waals surface area (Å²) in [6.07, 6.45) is 3.34. The SMILES string of the molecule is C[C@H]([C@@H]1CCO1)n1c(CN2CC=C(c3cccc(COc4ccc(Cl)cc4Cl)c3)C2)nc2ccc(C(=O)O)cc21. The maximum atomic E-state index is 11.7. The minimum Gasteiger partial charge on any atom is -0.487 e. The molecule has 0 spiro atoms.